The van der Waals surface area contributed by atoms with Crippen LogP contribution in [-0.2, 0) is 11.3 Å². The Morgan fingerprint density at radius 1 is 1.20 bits per heavy atom. The van der Waals surface area contributed by atoms with Crippen LogP contribution in [0.5, 0.6) is 11.5 Å². The molecule has 0 spiro atoms. The van der Waals surface area contributed by atoms with E-state index in [9.17, 15) is 9.59 Å². The molecule has 4 rings (SSSR count). The summed E-state index contributed by atoms with van der Waals surface area (Å²) < 4.78 is 10.5. The first-order valence-corrected chi connectivity index (χ1v) is 11.0. The summed E-state index contributed by atoms with van der Waals surface area (Å²) in [7, 11) is 0. The molecule has 9 heteroatoms. The third-order valence-electron chi connectivity index (χ3n) is 5.17. The molecule has 0 radical (unpaired) electrons. The van der Waals surface area contributed by atoms with E-state index in [0.29, 0.717) is 34.0 Å². The molecule has 2 N–H and O–H groups in total. The van der Waals surface area contributed by atoms with Gasteiger partial charge in [-0.15, -0.1) is 11.3 Å². The monoisotopic (exact) mass is 430 g/mol. The SMILES string of the molecule is C[C@@H]1C[C@@H](C)CN(Cc2csc(NC(=O)CNC(=O)c3ccc4c(c3)OCO4)n2)C1. The number of benzene rings is 1. The lowest BCUT2D eigenvalue weighted by atomic mass is 9.92. The summed E-state index contributed by atoms with van der Waals surface area (Å²) in [6.07, 6.45) is 1.27. The molecule has 2 aromatic rings. The molecule has 8 nitrogen and oxygen atoms in total. The number of nitrogens with one attached hydrogen (secondary N) is 2. The highest BCUT2D eigenvalue weighted by molar-refractivity contribution is 7.13. The van der Waals surface area contributed by atoms with Gasteiger partial charge in [0.15, 0.2) is 16.6 Å². The topological polar surface area (TPSA) is 92.8 Å². The minimum Gasteiger partial charge on any atom is -0.454 e. The van der Waals surface area contributed by atoms with Crippen LogP contribution in [0.4, 0.5) is 5.13 Å². The number of carbonyl (C=O) groups excluding carboxylic acids is 2. The second-order valence-electron chi connectivity index (χ2n) is 8.08. The minimum absolute atomic E-state index is 0.136. The Balaban J connectivity index is 1.25. The van der Waals surface area contributed by atoms with Crippen LogP contribution in [0.3, 0.4) is 0 Å². The molecule has 0 aliphatic carbocycles. The summed E-state index contributed by atoms with van der Waals surface area (Å²) in [5.74, 6) is 1.86. The molecule has 0 unspecified atom stereocenters. The first-order valence-electron chi connectivity index (χ1n) is 10.1. The van der Waals surface area contributed by atoms with Gasteiger partial charge in [-0.25, -0.2) is 4.98 Å². The van der Waals surface area contributed by atoms with Gasteiger partial charge in [-0.2, -0.15) is 0 Å². The summed E-state index contributed by atoms with van der Waals surface area (Å²) in [6, 6.07) is 4.92. The number of hydrogen-bond acceptors (Lipinski definition) is 7. The number of anilines is 1. The van der Waals surface area contributed by atoms with E-state index in [1.165, 1.54) is 17.8 Å². The highest BCUT2D eigenvalue weighted by Gasteiger charge is 2.22. The molecule has 2 atom stereocenters. The van der Waals surface area contributed by atoms with Crippen molar-refractivity contribution in [2.24, 2.45) is 11.8 Å². The van der Waals surface area contributed by atoms with Crippen molar-refractivity contribution < 1.29 is 19.1 Å². The Hall–Kier alpha value is -2.65. The van der Waals surface area contributed by atoms with Gasteiger partial charge in [0.1, 0.15) is 0 Å². The standard InChI is InChI=1S/C21H26N4O4S/c1-13-5-14(2)9-25(8-13)10-16-11-30-21(23-16)24-19(26)7-22-20(27)15-3-4-17-18(6-15)29-12-28-17/h3-4,6,11,13-14H,5,7-10,12H2,1-2H3,(H,22,27)(H,23,24,26)/t13-,14-/m1/s1. The van der Waals surface area contributed by atoms with Crippen molar-refractivity contribution in [3.63, 3.8) is 0 Å². The molecule has 0 saturated carbocycles. The largest absolute Gasteiger partial charge is 0.454 e. The number of aromatic nitrogens is 1. The van der Waals surface area contributed by atoms with E-state index in [1.807, 2.05) is 5.38 Å². The molecule has 2 amide bonds. The molecule has 1 aromatic heterocycles. The Labute approximate surface area is 179 Å². The van der Waals surface area contributed by atoms with Crippen LogP contribution in [0.25, 0.3) is 0 Å². The van der Waals surface area contributed by atoms with Gasteiger partial charge in [0.25, 0.3) is 5.91 Å². The summed E-state index contributed by atoms with van der Waals surface area (Å²) in [6.45, 7) is 7.53. The third kappa shape index (κ3) is 5.09. The first-order chi connectivity index (χ1) is 14.5. The average molecular weight is 431 g/mol. The molecular weight excluding hydrogens is 404 g/mol. The van der Waals surface area contributed by atoms with E-state index in [-0.39, 0.29) is 25.2 Å². The van der Waals surface area contributed by atoms with Crippen LogP contribution in [0.15, 0.2) is 23.6 Å². The molecule has 0 bridgehead atoms. The van der Waals surface area contributed by atoms with Crippen molar-refractivity contribution in [3.05, 3.63) is 34.8 Å². The minimum atomic E-state index is -0.350. The van der Waals surface area contributed by atoms with Gasteiger partial charge in [0, 0.05) is 30.6 Å². The van der Waals surface area contributed by atoms with Crippen LogP contribution < -0.4 is 20.1 Å². The highest BCUT2D eigenvalue weighted by Crippen LogP contribution is 2.32. The predicted octanol–water partition coefficient (Wildman–Crippen LogP) is 2.72. The van der Waals surface area contributed by atoms with Crippen LogP contribution in [-0.4, -0.2) is 48.1 Å². The number of piperidine rings is 1. The van der Waals surface area contributed by atoms with E-state index < -0.39 is 0 Å². The molecule has 1 saturated heterocycles. The van der Waals surface area contributed by atoms with Crippen LogP contribution in [0, 0.1) is 11.8 Å². The number of hydrogen-bond donors (Lipinski definition) is 2. The number of fused-ring (bicyclic) bond motifs is 1. The molecule has 1 aromatic carbocycles. The fraction of sp³-hybridized carbons (Fsp3) is 0.476. The van der Waals surface area contributed by atoms with Crippen molar-refractivity contribution in [1.82, 2.24) is 15.2 Å². The van der Waals surface area contributed by atoms with Gasteiger partial charge in [-0.05, 0) is 36.5 Å². The van der Waals surface area contributed by atoms with E-state index in [4.69, 9.17) is 9.47 Å². The lowest BCUT2D eigenvalue weighted by Crippen LogP contribution is -2.38. The van der Waals surface area contributed by atoms with Crippen molar-refractivity contribution in [2.75, 3.05) is 31.7 Å². The predicted molar refractivity (Wildman–Crippen MR) is 114 cm³/mol. The fourth-order valence-corrected chi connectivity index (χ4v) is 4.77. The van der Waals surface area contributed by atoms with Crippen LogP contribution in [0.1, 0.15) is 36.3 Å². The van der Waals surface area contributed by atoms with E-state index >= 15 is 0 Å². The molecule has 2 aliphatic rings. The van der Waals surface area contributed by atoms with Crippen molar-refractivity contribution in [3.8, 4) is 11.5 Å². The Kier molecular flexibility index (Phi) is 6.19. The molecule has 30 heavy (non-hydrogen) atoms. The van der Waals surface area contributed by atoms with E-state index in [2.05, 4.69) is 34.4 Å². The summed E-state index contributed by atoms with van der Waals surface area (Å²) in [5, 5.41) is 7.89. The van der Waals surface area contributed by atoms with E-state index in [0.717, 1.165) is 25.3 Å². The first kappa shape index (κ1) is 20.6. The summed E-state index contributed by atoms with van der Waals surface area (Å²) >= 11 is 1.40. The summed E-state index contributed by atoms with van der Waals surface area (Å²) in [4.78, 5) is 31.4. The number of rotatable bonds is 6. The van der Waals surface area contributed by atoms with Crippen molar-refractivity contribution >= 4 is 28.3 Å². The number of thiazole rings is 1. The molecular formula is C21H26N4O4S. The van der Waals surface area contributed by atoms with Crippen LogP contribution >= 0.6 is 11.3 Å². The number of likely N-dealkylation sites (tertiary alicyclic amines) is 1. The van der Waals surface area contributed by atoms with Gasteiger partial charge < -0.3 is 20.1 Å². The zero-order valence-corrected chi connectivity index (χ0v) is 18.0. The van der Waals surface area contributed by atoms with E-state index in [1.54, 1.807) is 18.2 Å². The molecule has 2 aliphatic heterocycles. The van der Waals surface area contributed by atoms with Gasteiger partial charge in [0.05, 0.1) is 12.2 Å². The zero-order valence-electron chi connectivity index (χ0n) is 17.1. The number of carbonyl (C=O) groups is 2. The number of nitrogens with zero attached hydrogens (tertiary/aromatic N) is 2. The average Bonchev–Trinajstić information content (AvgIpc) is 3.33. The maximum Gasteiger partial charge on any atom is 0.251 e. The van der Waals surface area contributed by atoms with Crippen LogP contribution in [0.2, 0.25) is 0 Å². The maximum absolute atomic E-state index is 12.3. The third-order valence-corrected chi connectivity index (χ3v) is 5.98. The Bertz CT molecular complexity index is 921. The molecule has 3 heterocycles. The molecule has 1 fully saturated rings. The summed E-state index contributed by atoms with van der Waals surface area (Å²) in [5.41, 5.74) is 1.37. The number of amides is 2. The lowest BCUT2D eigenvalue weighted by Gasteiger charge is -2.34. The van der Waals surface area contributed by atoms with Crippen molar-refractivity contribution in [2.45, 2.75) is 26.8 Å². The van der Waals surface area contributed by atoms with Gasteiger partial charge >= 0.3 is 0 Å². The van der Waals surface area contributed by atoms with Gasteiger partial charge in [-0.1, -0.05) is 13.8 Å². The maximum atomic E-state index is 12.3. The Morgan fingerprint density at radius 3 is 2.77 bits per heavy atom. The van der Waals surface area contributed by atoms with Gasteiger partial charge in [-0.3, -0.25) is 14.5 Å². The smallest absolute Gasteiger partial charge is 0.251 e. The second-order valence-corrected chi connectivity index (χ2v) is 8.94. The van der Waals surface area contributed by atoms with Gasteiger partial charge in [0.2, 0.25) is 12.7 Å². The highest BCUT2D eigenvalue weighted by atomic mass is 32.1. The normalized spacial score (nSPS) is 20.7. The van der Waals surface area contributed by atoms with Crippen molar-refractivity contribution in [1.29, 1.82) is 0 Å². The second kappa shape index (κ2) is 9.01. The lowest BCUT2D eigenvalue weighted by molar-refractivity contribution is -0.115. The zero-order chi connectivity index (χ0) is 21.1. The Morgan fingerprint density at radius 2 is 1.97 bits per heavy atom. The fourth-order valence-electron chi connectivity index (χ4n) is 4.05. The number of ether oxygens (including phenoxy) is 2. The molecule has 160 valence electrons. The quantitative estimate of drug-likeness (QED) is 0.732.